The van der Waals surface area contributed by atoms with Crippen LogP contribution in [0, 0.1) is 6.92 Å². The molecule has 0 saturated carbocycles. The lowest BCUT2D eigenvalue weighted by Gasteiger charge is -2.24. The van der Waals surface area contributed by atoms with E-state index in [2.05, 4.69) is 11.4 Å². The minimum atomic E-state index is -0.102. The molecule has 1 aromatic rings. The molecule has 1 aliphatic rings. The molecule has 1 unspecified atom stereocenters. The van der Waals surface area contributed by atoms with Crippen LogP contribution in [0.5, 0.6) is 0 Å². The van der Waals surface area contributed by atoms with Gasteiger partial charge in [0.2, 0.25) is 11.8 Å². The first-order valence-electron chi connectivity index (χ1n) is 7.36. The summed E-state index contributed by atoms with van der Waals surface area (Å²) in [5.74, 6) is 0.360. The van der Waals surface area contributed by atoms with Gasteiger partial charge in [-0.2, -0.15) is 0 Å². The molecule has 0 bridgehead atoms. The van der Waals surface area contributed by atoms with Crippen molar-refractivity contribution in [3.05, 3.63) is 35.4 Å². The van der Waals surface area contributed by atoms with Gasteiger partial charge in [0.25, 0.3) is 0 Å². The highest BCUT2D eigenvalue weighted by molar-refractivity contribution is 8.00. The lowest BCUT2D eigenvalue weighted by molar-refractivity contribution is -0.133. The molecule has 0 spiro atoms. The fourth-order valence-electron chi connectivity index (χ4n) is 2.35. The first-order chi connectivity index (χ1) is 10.5. The third kappa shape index (κ3) is 4.48. The van der Waals surface area contributed by atoms with Crippen LogP contribution in [0.1, 0.15) is 16.5 Å². The molecule has 1 heterocycles. The molecule has 5 nitrogen and oxygen atoms in total. The number of hydrogen-bond acceptors (Lipinski definition) is 4. The maximum absolute atomic E-state index is 12.1. The Kier molecular flexibility index (Phi) is 5.85. The number of rotatable bonds is 6. The number of amides is 2. The summed E-state index contributed by atoms with van der Waals surface area (Å²) < 4.78 is 0. The molecule has 0 radical (unpaired) electrons. The van der Waals surface area contributed by atoms with Gasteiger partial charge in [-0.1, -0.05) is 29.8 Å². The van der Waals surface area contributed by atoms with Crippen LogP contribution in [-0.4, -0.2) is 61.1 Å². The molecule has 1 N–H and O–H groups in total. The number of carbonyl (C=O) groups excluding carboxylic acids is 2. The maximum Gasteiger partial charge on any atom is 0.239 e. The number of thioether (sulfide) groups is 1. The maximum atomic E-state index is 12.1. The van der Waals surface area contributed by atoms with Crippen LogP contribution < -0.4 is 5.32 Å². The molecule has 1 fully saturated rings. The van der Waals surface area contributed by atoms with E-state index in [9.17, 15) is 9.59 Å². The van der Waals surface area contributed by atoms with E-state index in [4.69, 9.17) is 0 Å². The molecule has 120 valence electrons. The monoisotopic (exact) mass is 321 g/mol. The Bertz CT molecular complexity index is 548. The molecular weight excluding hydrogens is 298 g/mol. The van der Waals surface area contributed by atoms with E-state index >= 15 is 0 Å². The van der Waals surface area contributed by atoms with Crippen LogP contribution in [0.2, 0.25) is 0 Å². The SMILES string of the molecule is Cc1cccc(C2SCC(=O)N2CC(=O)NCCN(C)C)c1. The highest BCUT2D eigenvalue weighted by Crippen LogP contribution is 2.38. The van der Waals surface area contributed by atoms with Crippen molar-refractivity contribution in [3.8, 4) is 0 Å². The molecule has 1 aromatic carbocycles. The van der Waals surface area contributed by atoms with Crippen LogP contribution in [0.4, 0.5) is 0 Å². The number of benzene rings is 1. The van der Waals surface area contributed by atoms with Gasteiger partial charge < -0.3 is 15.1 Å². The fraction of sp³-hybridized carbons (Fsp3) is 0.500. The van der Waals surface area contributed by atoms with Gasteiger partial charge in [0, 0.05) is 13.1 Å². The Morgan fingerprint density at radius 2 is 2.23 bits per heavy atom. The van der Waals surface area contributed by atoms with E-state index < -0.39 is 0 Å². The van der Waals surface area contributed by atoms with E-state index in [1.165, 1.54) is 0 Å². The molecule has 1 saturated heterocycles. The predicted molar refractivity (Wildman–Crippen MR) is 89.7 cm³/mol. The highest BCUT2D eigenvalue weighted by atomic mass is 32.2. The number of nitrogens with zero attached hydrogens (tertiary/aromatic N) is 2. The van der Waals surface area contributed by atoms with Gasteiger partial charge in [-0.3, -0.25) is 9.59 Å². The Labute approximate surface area is 136 Å². The van der Waals surface area contributed by atoms with Gasteiger partial charge >= 0.3 is 0 Å². The van der Waals surface area contributed by atoms with Crippen LogP contribution >= 0.6 is 11.8 Å². The first kappa shape index (κ1) is 16.8. The van der Waals surface area contributed by atoms with Gasteiger partial charge in [0.1, 0.15) is 11.9 Å². The number of hydrogen-bond donors (Lipinski definition) is 1. The zero-order valence-corrected chi connectivity index (χ0v) is 14.2. The van der Waals surface area contributed by atoms with Crippen molar-refractivity contribution >= 4 is 23.6 Å². The second-order valence-electron chi connectivity index (χ2n) is 5.75. The number of aryl methyl sites for hydroxylation is 1. The molecular formula is C16H23N3O2S. The highest BCUT2D eigenvalue weighted by Gasteiger charge is 2.33. The summed E-state index contributed by atoms with van der Waals surface area (Å²) in [5, 5.41) is 2.80. The van der Waals surface area contributed by atoms with E-state index in [1.807, 2.05) is 44.1 Å². The lowest BCUT2D eigenvalue weighted by atomic mass is 10.1. The summed E-state index contributed by atoms with van der Waals surface area (Å²) in [7, 11) is 3.92. The Hall–Kier alpha value is -1.53. The first-order valence-corrected chi connectivity index (χ1v) is 8.41. The Morgan fingerprint density at radius 1 is 1.45 bits per heavy atom. The standard InChI is InChI=1S/C16H23N3O2S/c1-12-5-4-6-13(9-12)16-19(15(21)11-22-16)10-14(20)17-7-8-18(2)3/h4-6,9,16H,7-8,10-11H2,1-3H3,(H,17,20). The van der Waals surface area contributed by atoms with E-state index in [0.717, 1.165) is 17.7 Å². The zero-order valence-electron chi connectivity index (χ0n) is 13.3. The van der Waals surface area contributed by atoms with E-state index in [-0.39, 0.29) is 23.7 Å². The molecule has 0 aromatic heterocycles. The van der Waals surface area contributed by atoms with Crippen LogP contribution in [-0.2, 0) is 9.59 Å². The van der Waals surface area contributed by atoms with Crippen LogP contribution in [0.3, 0.4) is 0 Å². The van der Waals surface area contributed by atoms with Gasteiger partial charge in [-0.25, -0.2) is 0 Å². The quantitative estimate of drug-likeness (QED) is 0.857. The molecule has 0 aliphatic carbocycles. The molecule has 2 rings (SSSR count). The second-order valence-corrected chi connectivity index (χ2v) is 6.82. The summed E-state index contributed by atoms with van der Waals surface area (Å²) in [5.41, 5.74) is 2.24. The zero-order chi connectivity index (χ0) is 16.1. The summed E-state index contributed by atoms with van der Waals surface area (Å²) in [6.07, 6.45) is 0. The minimum Gasteiger partial charge on any atom is -0.353 e. The molecule has 6 heteroatoms. The van der Waals surface area contributed by atoms with Crippen LogP contribution in [0.25, 0.3) is 0 Å². The van der Waals surface area contributed by atoms with Crippen molar-refractivity contribution in [3.63, 3.8) is 0 Å². The third-order valence-electron chi connectivity index (χ3n) is 3.49. The normalized spacial score (nSPS) is 18.1. The van der Waals surface area contributed by atoms with Crippen molar-refractivity contribution in [2.45, 2.75) is 12.3 Å². The summed E-state index contributed by atoms with van der Waals surface area (Å²) >= 11 is 1.58. The minimum absolute atomic E-state index is 0.0271. The third-order valence-corrected chi connectivity index (χ3v) is 4.75. The fourth-order valence-corrected chi connectivity index (χ4v) is 3.53. The van der Waals surface area contributed by atoms with E-state index in [0.29, 0.717) is 12.3 Å². The molecule has 2 amide bonds. The molecule has 1 atom stereocenters. The smallest absolute Gasteiger partial charge is 0.239 e. The second kappa shape index (κ2) is 7.65. The van der Waals surface area contributed by atoms with Gasteiger partial charge in [-0.15, -0.1) is 11.8 Å². The number of likely N-dealkylation sites (N-methyl/N-ethyl adjacent to an activating group) is 1. The van der Waals surface area contributed by atoms with Gasteiger partial charge in [-0.05, 0) is 26.6 Å². The molecule has 22 heavy (non-hydrogen) atoms. The van der Waals surface area contributed by atoms with Crippen molar-refractivity contribution in [2.75, 3.05) is 39.5 Å². The summed E-state index contributed by atoms with van der Waals surface area (Å²) in [4.78, 5) is 27.8. The van der Waals surface area contributed by atoms with E-state index in [1.54, 1.807) is 16.7 Å². The van der Waals surface area contributed by atoms with Crippen molar-refractivity contribution in [2.24, 2.45) is 0 Å². The van der Waals surface area contributed by atoms with Gasteiger partial charge in [0.15, 0.2) is 0 Å². The average molecular weight is 321 g/mol. The van der Waals surface area contributed by atoms with Gasteiger partial charge in [0.05, 0.1) is 5.75 Å². The lowest BCUT2D eigenvalue weighted by Crippen LogP contribution is -2.41. The summed E-state index contributed by atoms with van der Waals surface area (Å²) in [6.45, 7) is 3.53. The number of carbonyl (C=O) groups is 2. The molecule has 1 aliphatic heterocycles. The average Bonchev–Trinajstić information content (AvgIpc) is 2.80. The van der Waals surface area contributed by atoms with Crippen molar-refractivity contribution < 1.29 is 9.59 Å². The van der Waals surface area contributed by atoms with Crippen molar-refractivity contribution in [1.82, 2.24) is 15.1 Å². The Morgan fingerprint density at radius 3 is 2.91 bits per heavy atom. The Balaban J connectivity index is 1.98. The predicted octanol–water partition coefficient (Wildman–Crippen LogP) is 1.25. The van der Waals surface area contributed by atoms with Crippen molar-refractivity contribution in [1.29, 1.82) is 0 Å². The topological polar surface area (TPSA) is 52.7 Å². The number of nitrogens with one attached hydrogen (secondary N) is 1. The van der Waals surface area contributed by atoms with Crippen LogP contribution in [0.15, 0.2) is 24.3 Å². The largest absolute Gasteiger partial charge is 0.353 e. The summed E-state index contributed by atoms with van der Waals surface area (Å²) in [6, 6.07) is 8.11.